The molecule has 4 heteroatoms. The van der Waals surface area contributed by atoms with Gasteiger partial charge in [0.1, 0.15) is 0 Å². The third-order valence-corrected chi connectivity index (χ3v) is 3.24. The van der Waals surface area contributed by atoms with Gasteiger partial charge in [0.2, 0.25) is 5.91 Å². The number of carbonyl (C=O) groups excluding carboxylic acids is 1. The third kappa shape index (κ3) is 4.94. The van der Waals surface area contributed by atoms with Crippen LogP contribution in [0.25, 0.3) is 0 Å². The van der Waals surface area contributed by atoms with Crippen molar-refractivity contribution in [2.75, 3.05) is 13.6 Å². The molecule has 16 heavy (non-hydrogen) atoms. The minimum absolute atomic E-state index is 0.109. The quantitative estimate of drug-likeness (QED) is 0.673. The summed E-state index contributed by atoms with van der Waals surface area (Å²) in [5.41, 5.74) is 5.60. The van der Waals surface area contributed by atoms with E-state index in [1.54, 1.807) is 0 Å². The SMILES string of the molecule is CC(N)CCC(=O)NCC(C)N(C)C1CC1. The van der Waals surface area contributed by atoms with E-state index in [0.717, 1.165) is 19.0 Å². The molecule has 2 unspecified atom stereocenters. The summed E-state index contributed by atoms with van der Waals surface area (Å²) in [6.07, 6.45) is 3.91. The molecule has 1 aliphatic carbocycles. The fourth-order valence-corrected chi connectivity index (χ4v) is 1.69. The molecule has 0 radical (unpaired) electrons. The minimum atomic E-state index is 0.109. The van der Waals surface area contributed by atoms with Gasteiger partial charge in [0.15, 0.2) is 0 Å². The van der Waals surface area contributed by atoms with Crippen molar-refractivity contribution < 1.29 is 4.79 Å². The minimum Gasteiger partial charge on any atom is -0.355 e. The van der Waals surface area contributed by atoms with Crippen LogP contribution in [0.5, 0.6) is 0 Å². The zero-order chi connectivity index (χ0) is 12.1. The first-order chi connectivity index (χ1) is 7.50. The molecule has 3 N–H and O–H groups in total. The van der Waals surface area contributed by atoms with Gasteiger partial charge in [-0.05, 0) is 40.2 Å². The van der Waals surface area contributed by atoms with Crippen molar-refractivity contribution in [2.24, 2.45) is 5.73 Å². The lowest BCUT2D eigenvalue weighted by Crippen LogP contribution is -2.41. The number of carbonyl (C=O) groups is 1. The Morgan fingerprint density at radius 3 is 2.62 bits per heavy atom. The molecule has 4 nitrogen and oxygen atoms in total. The largest absolute Gasteiger partial charge is 0.355 e. The number of rotatable bonds is 7. The lowest BCUT2D eigenvalue weighted by atomic mass is 10.2. The number of nitrogens with two attached hydrogens (primary N) is 1. The summed E-state index contributed by atoms with van der Waals surface area (Å²) >= 11 is 0. The number of hydrogen-bond donors (Lipinski definition) is 2. The molecule has 2 atom stereocenters. The Labute approximate surface area is 98.6 Å². The Morgan fingerprint density at radius 1 is 1.50 bits per heavy atom. The zero-order valence-corrected chi connectivity index (χ0v) is 10.7. The summed E-state index contributed by atoms with van der Waals surface area (Å²) in [5, 5.41) is 2.97. The molecule has 1 amide bonds. The van der Waals surface area contributed by atoms with E-state index in [9.17, 15) is 4.79 Å². The van der Waals surface area contributed by atoms with Crippen molar-refractivity contribution in [1.29, 1.82) is 0 Å². The number of nitrogens with zero attached hydrogens (tertiary/aromatic N) is 1. The molecular formula is C12H25N3O. The van der Waals surface area contributed by atoms with Gasteiger partial charge in [-0.3, -0.25) is 9.69 Å². The van der Waals surface area contributed by atoms with Crippen LogP contribution in [0.1, 0.15) is 39.5 Å². The molecule has 0 aromatic rings. The van der Waals surface area contributed by atoms with Crippen LogP contribution in [0, 0.1) is 0 Å². The maximum absolute atomic E-state index is 11.5. The summed E-state index contributed by atoms with van der Waals surface area (Å²) in [6.45, 7) is 4.83. The normalized spacial score (nSPS) is 19.6. The highest BCUT2D eigenvalue weighted by Gasteiger charge is 2.28. The molecule has 0 spiro atoms. The fourth-order valence-electron chi connectivity index (χ4n) is 1.69. The molecule has 0 saturated heterocycles. The summed E-state index contributed by atoms with van der Waals surface area (Å²) in [5.74, 6) is 0.119. The van der Waals surface area contributed by atoms with Crippen LogP contribution in [-0.2, 0) is 4.79 Å². The van der Waals surface area contributed by atoms with E-state index >= 15 is 0 Å². The van der Waals surface area contributed by atoms with Crippen LogP contribution in [0.4, 0.5) is 0 Å². The van der Waals surface area contributed by atoms with Crippen LogP contribution >= 0.6 is 0 Å². The molecule has 0 bridgehead atoms. The summed E-state index contributed by atoms with van der Waals surface area (Å²) in [6, 6.07) is 1.28. The van der Waals surface area contributed by atoms with Gasteiger partial charge in [0.05, 0.1) is 0 Å². The standard InChI is InChI=1S/C12H25N3O/c1-9(13)4-7-12(16)14-8-10(2)15(3)11-5-6-11/h9-11H,4-8,13H2,1-3H3,(H,14,16). The highest BCUT2D eigenvalue weighted by molar-refractivity contribution is 5.75. The fraction of sp³-hybridized carbons (Fsp3) is 0.917. The van der Waals surface area contributed by atoms with Crippen molar-refractivity contribution in [3.05, 3.63) is 0 Å². The molecule has 0 heterocycles. The molecule has 1 saturated carbocycles. The van der Waals surface area contributed by atoms with Gasteiger partial charge in [-0.25, -0.2) is 0 Å². The smallest absolute Gasteiger partial charge is 0.220 e. The van der Waals surface area contributed by atoms with Gasteiger partial charge >= 0.3 is 0 Å². The van der Waals surface area contributed by atoms with Crippen LogP contribution < -0.4 is 11.1 Å². The molecule has 1 aliphatic rings. The van der Waals surface area contributed by atoms with Crippen molar-refractivity contribution >= 4 is 5.91 Å². The Bertz CT molecular complexity index is 226. The average Bonchev–Trinajstić information content (AvgIpc) is 3.05. The van der Waals surface area contributed by atoms with E-state index in [1.807, 2.05) is 6.92 Å². The molecule has 0 aromatic heterocycles. The summed E-state index contributed by atoms with van der Waals surface area (Å²) in [7, 11) is 2.14. The van der Waals surface area contributed by atoms with E-state index in [-0.39, 0.29) is 11.9 Å². The second-order valence-electron chi connectivity index (χ2n) is 5.07. The van der Waals surface area contributed by atoms with Crippen LogP contribution in [0.3, 0.4) is 0 Å². The number of amides is 1. The second kappa shape index (κ2) is 6.21. The van der Waals surface area contributed by atoms with Crippen molar-refractivity contribution in [1.82, 2.24) is 10.2 Å². The van der Waals surface area contributed by atoms with Crippen molar-refractivity contribution in [3.8, 4) is 0 Å². The zero-order valence-electron chi connectivity index (χ0n) is 10.7. The molecule has 1 rings (SSSR count). The summed E-state index contributed by atoms with van der Waals surface area (Å²) in [4.78, 5) is 13.8. The maximum atomic E-state index is 11.5. The lowest BCUT2D eigenvalue weighted by Gasteiger charge is -2.24. The van der Waals surface area contributed by atoms with Crippen molar-refractivity contribution in [2.45, 2.75) is 57.7 Å². The highest BCUT2D eigenvalue weighted by Crippen LogP contribution is 2.26. The molecule has 0 aromatic carbocycles. The Balaban J connectivity index is 2.10. The third-order valence-electron chi connectivity index (χ3n) is 3.24. The maximum Gasteiger partial charge on any atom is 0.220 e. The monoisotopic (exact) mass is 227 g/mol. The highest BCUT2D eigenvalue weighted by atomic mass is 16.1. The first kappa shape index (κ1) is 13.5. The molecule has 94 valence electrons. The Morgan fingerprint density at radius 2 is 2.12 bits per heavy atom. The van der Waals surface area contributed by atoms with Crippen LogP contribution in [0.2, 0.25) is 0 Å². The van der Waals surface area contributed by atoms with Gasteiger partial charge in [-0.2, -0.15) is 0 Å². The number of nitrogens with one attached hydrogen (secondary N) is 1. The lowest BCUT2D eigenvalue weighted by molar-refractivity contribution is -0.121. The first-order valence-corrected chi connectivity index (χ1v) is 6.25. The predicted molar refractivity (Wildman–Crippen MR) is 66.1 cm³/mol. The van der Waals surface area contributed by atoms with Gasteiger partial charge in [-0.1, -0.05) is 0 Å². The molecular weight excluding hydrogens is 202 g/mol. The van der Waals surface area contributed by atoms with E-state index in [2.05, 4.69) is 24.2 Å². The summed E-state index contributed by atoms with van der Waals surface area (Å²) < 4.78 is 0. The predicted octanol–water partition coefficient (Wildman–Crippen LogP) is 0.713. The van der Waals surface area contributed by atoms with Crippen LogP contribution in [0.15, 0.2) is 0 Å². The number of hydrogen-bond acceptors (Lipinski definition) is 3. The Kier molecular flexibility index (Phi) is 5.22. The van der Waals surface area contributed by atoms with E-state index in [0.29, 0.717) is 12.5 Å². The van der Waals surface area contributed by atoms with Crippen LogP contribution in [-0.4, -0.2) is 42.5 Å². The molecule has 0 aliphatic heterocycles. The number of likely N-dealkylation sites (N-methyl/N-ethyl adjacent to an activating group) is 1. The molecule has 1 fully saturated rings. The van der Waals surface area contributed by atoms with Gasteiger partial charge < -0.3 is 11.1 Å². The average molecular weight is 227 g/mol. The first-order valence-electron chi connectivity index (χ1n) is 6.25. The Hall–Kier alpha value is -0.610. The van der Waals surface area contributed by atoms with E-state index < -0.39 is 0 Å². The topological polar surface area (TPSA) is 58.4 Å². The van der Waals surface area contributed by atoms with Gasteiger partial charge in [0.25, 0.3) is 0 Å². The van der Waals surface area contributed by atoms with E-state index in [1.165, 1.54) is 12.8 Å². The van der Waals surface area contributed by atoms with Gasteiger partial charge in [0, 0.05) is 31.1 Å². The second-order valence-corrected chi connectivity index (χ2v) is 5.07. The van der Waals surface area contributed by atoms with Gasteiger partial charge in [-0.15, -0.1) is 0 Å². The van der Waals surface area contributed by atoms with E-state index in [4.69, 9.17) is 5.73 Å². The van der Waals surface area contributed by atoms with Crippen molar-refractivity contribution in [3.63, 3.8) is 0 Å².